The van der Waals surface area contributed by atoms with Gasteiger partial charge in [-0.05, 0) is 31.0 Å². The van der Waals surface area contributed by atoms with Crippen LogP contribution in [-0.4, -0.2) is 38.9 Å². The Balaban J connectivity index is 2.27. The van der Waals surface area contributed by atoms with Gasteiger partial charge in [0.15, 0.2) is 0 Å². The second-order valence-electron chi connectivity index (χ2n) is 4.84. The lowest BCUT2D eigenvalue weighted by Crippen LogP contribution is -2.54. The SMILES string of the molecule is Nc1ccc(S(=O)(=O)NC2(CO)CCOCC2)cc1F. The molecule has 1 aliphatic heterocycles. The van der Waals surface area contributed by atoms with Crippen molar-refractivity contribution in [3.8, 4) is 0 Å². The van der Waals surface area contributed by atoms with Crippen molar-refractivity contribution >= 4 is 15.7 Å². The normalized spacial score (nSPS) is 18.9. The number of benzene rings is 1. The molecule has 20 heavy (non-hydrogen) atoms. The number of rotatable bonds is 4. The molecule has 6 nitrogen and oxygen atoms in total. The second-order valence-corrected chi connectivity index (χ2v) is 6.52. The molecule has 8 heteroatoms. The maximum absolute atomic E-state index is 13.4. The van der Waals surface area contributed by atoms with Crippen molar-refractivity contribution in [3.63, 3.8) is 0 Å². The molecule has 1 aromatic carbocycles. The molecular formula is C12H17FN2O4S. The van der Waals surface area contributed by atoms with E-state index in [0.29, 0.717) is 26.1 Å². The fraction of sp³-hybridized carbons (Fsp3) is 0.500. The molecule has 1 fully saturated rings. The summed E-state index contributed by atoms with van der Waals surface area (Å²) in [6.45, 7) is 0.380. The Hall–Kier alpha value is -1.22. The summed E-state index contributed by atoms with van der Waals surface area (Å²) in [5.41, 5.74) is 4.24. The number of hydrogen-bond acceptors (Lipinski definition) is 5. The summed E-state index contributed by atoms with van der Waals surface area (Å²) < 4.78 is 45.5. The molecule has 1 saturated heterocycles. The van der Waals surface area contributed by atoms with E-state index in [2.05, 4.69) is 4.72 Å². The number of halogens is 1. The summed E-state index contributed by atoms with van der Waals surface area (Å²) >= 11 is 0. The average molecular weight is 304 g/mol. The van der Waals surface area contributed by atoms with Gasteiger partial charge in [-0.2, -0.15) is 0 Å². The van der Waals surface area contributed by atoms with Crippen LogP contribution in [0.3, 0.4) is 0 Å². The number of anilines is 1. The van der Waals surface area contributed by atoms with Gasteiger partial charge >= 0.3 is 0 Å². The maximum atomic E-state index is 13.4. The van der Waals surface area contributed by atoms with Crippen molar-refractivity contribution in [2.75, 3.05) is 25.6 Å². The van der Waals surface area contributed by atoms with E-state index >= 15 is 0 Å². The first-order valence-corrected chi connectivity index (χ1v) is 7.64. The maximum Gasteiger partial charge on any atom is 0.241 e. The molecular weight excluding hydrogens is 287 g/mol. The Morgan fingerprint density at radius 1 is 1.40 bits per heavy atom. The number of aliphatic hydroxyl groups excluding tert-OH is 1. The van der Waals surface area contributed by atoms with E-state index in [1.165, 1.54) is 12.1 Å². The number of sulfonamides is 1. The number of nitrogens with one attached hydrogen (secondary N) is 1. The Labute approximate surface area is 116 Å². The van der Waals surface area contributed by atoms with Gasteiger partial charge in [-0.1, -0.05) is 0 Å². The van der Waals surface area contributed by atoms with Crippen LogP contribution in [0.5, 0.6) is 0 Å². The molecule has 0 atom stereocenters. The highest BCUT2D eigenvalue weighted by Gasteiger charge is 2.36. The Kier molecular flexibility index (Phi) is 4.28. The zero-order chi connectivity index (χ0) is 14.8. The zero-order valence-corrected chi connectivity index (χ0v) is 11.6. The van der Waals surface area contributed by atoms with Crippen LogP contribution in [-0.2, 0) is 14.8 Å². The van der Waals surface area contributed by atoms with Gasteiger partial charge in [0.25, 0.3) is 0 Å². The quantitative estimate of drug-likeness (QED) is 0.691. The van der Waals surface area contributed by atoms with Crippen molar-refractivity contribution in [2.45, 2.75) is 23.3 Å². The highest BCUT2D eigenvalue weighted by molar-refractivity contribution is 7.89. The molecule has 0 amide bonds. The minimum absolute atomic E-state index is 0.119. The zero-order valence-electron chi connectivity index (χ0n) is 10.8. The topological polar surface area (TPSA) is 102 Å². The molecule has 1 aromatic rings. The third-order valence-electron chi connectivity index (χ3n) is 3.39. The highest BCUT2D eigenvalue weighted by atomic mass is 32.2. The Morgan fingerprint density at radius 3 is 2.60 bits per heavy atom. The summed E-state index contributed by atoms with van der Waals surface area (Å²) in [7, 11) is -3.93. The molecule has 0 aliphatic carbocycles. The van der Waals surface area contributed by atoms with Crippen LogP contribution in [0.15, 0.2) is 23.1 Å². The molecule has 0 aromatic heterocycles. The van der Waals surface area contributed by atoms with Gasteiger partial charge < -0.3 is 15.6 Å². The second kappa shape index (κ2) is 5.65. The van der Waals surface area contributed by atoms with Crippen molar-refractivity contribution in [1.82, 2.24) is 4.72 Å². The Bertz CT molecular complexity index is 585. The minimum Gasteiger partial charge on any atom is -0.396 e. The lowest BCUT2D eigenvalue weighted by atomic mass is 9.93. The first kappa shape index (κ1) is 15.2. The number of ether oxygens (including phenoxy) is 1. The van der Waals surface area contributed by atoms with E-state index in [9.17, 15) is 17.9 Å². The molecule has 4 N–H and O–H groups in total. The first-order chi connectivity index (χ1) is 9.38. The fourth-order valence-corrected chi connectivity index (χ4v) is 3.54. The molecule has 0 saturated carbocycles. The molecule has 112 valence electrons. The smallest absolute Gasteiger partial charge is 0.241 e. The predicted octanol–water partition coefficient (Wildman–Crippen LogP) is 0.228. The van der Waals surface area contributed by atoms with E-state index in [1.54, 1.807) is 0 Å². The summed E-state index contributed by atoms with van der Waals surface area (Å²) in [6.07, 6.45) is 0.723. The lowest BCUT2D eigenvalue weighted by Gasteiger charge is -2.35. The third kappa shape index (κ3) is 3.09. The number of nitrogens with two attached hydrogens (primary N) is 1. The lowest BCUT2D eigenvalue weighted by molar-refractivity contribution is 0.0223. The van der Waals surface area contributed by atoms with E-state index in [1.807, 2.05) is 0 Å². The largest absolute Gasteiger partial charge is 0.396 e. The average Bonchev–Trinajstić information content (AvgIpc) is 2.42. The van der Waals surface area contributed by atoms with Gasteiger partial charge in [0, 0.05) is 13.2 Å². The van der Waals surface area contributed by atoms with Crippen LogP contribution in [0, 0.1) is 5.82 Å². The monoisotopic (exact) mass is 304 g/mol. The van der Waals surface area contributed by atoms with Crippen LogP contribution in [0.25, 0.3) is 0 Å². The fourth-order valence-electron chi connectivity index (χ4n) is 2.07. The highest BCUT2D eigenvalue weighted by Crippen LogP contribution is 2.24. The van der Waals surface area contributed by atoms with Crippen LogP contribution in [0.1, 0.15) is 12.8 Å². The summed E-state index contributed by atoms with van der Waals surface area (Å²) in [4.78, 5) is -0.219. The Morgan fingerprint density at radius 2 is 2.05 bits per heavy atom. The molecule has 1 heterocycles. The first-order valence-electron chi connectivity index (χ1n) is 6.16. The standard InChI is InChI=1S/C12H17FN2O4S/c13-10-7-9(1-2-11(10)14)20(17,18)15-12(8-16)3-5-19-6-4-12/h1-2,7,15-16H,3-6,8,14H2. The molecule has 1 aliphatic rings. The van der Waals surface area contributed by atoms with Crippen molar-refractivity contribution in [3.05, 3.63) is 24.0 Å². The minimum atomic E-state index is -3.93. The molecule has 2 rings (SSSR count). The van der Waals surface area contributed by atoms with E-state index in [0.717, 1.165) is 6.07 Å². The number of aliphatic hydroxyl groups is 1. The van der Waals surface area contributed by atoms with Crippen molar-refractivity contribution in [2.24, 2.45) is 0 Å². The van der Waals surface area contributed by atoms with Gasteiger partial charge in [-0.3, -0.25) is 0 Å². The van der Waals surface area contributed by atoms with Crippen LogP contribution >= 0.6 is 0 Å². The van der Waals surface area contributed by atoms with Crippen molar-refractivity contribution < 1.29 is 22.7 Å². The molecule has 0 spiro atoms. The molecule has 0 unspecified atom stereocenters. The van der Waals surface area contributed by atoms with E-state index in [-0.39, 0.29) is 17.2 Å². The van der Waals surface area contributed by atoms with Gasteiger partial charge in [-0.15, -0.1) is 0 Å². The summed E-state index contributed by atoms with van der Waals surface area (Å²) in [6, 6.07) is 3.28. The number of nitrogen functional groups attached to an aromatic ring is 1. The summed E-state index contributed by atoms with van der Waals surface area (Å²) in [5.74, 6) is -0.794. The van der Waals surface area contributed by atoms with E-state index in [4.69, 9.17) is 10.5 Å². The van der Waals surface area contributed by atoms with Crippen LogP contribution in [0.4, 0.5) is 10.1 Å². The van der Waals surface area contributed by atoms with Gasteiger partial charge in [0.05, 0.1) is 22.7 Å². The van der Waals surface area contributed by atoms with E-state index < -0.39 is 21.4 Å². The van der Waals surface area contributed by atoms with Crippen LogP contribution < -0.4 is 10.5 Å². The summed E-state index contributed by atoms with van der Waals surface area (Å²) in [5, 5.41) is 9.47. The van der Waals surface area contributed by atoms with Crippen LogP contribution in [0.2, 0.25) is 0 Å². The van der Waals surface area contributed by atoms with Gasteiger partial charge in [0.2, 0.25) is 10.0 Å². The molecule has 0 radical (unpaired) electrons. The van der Waals surface area contributed by atoms with Gasteiger partial charge in [0.1, 0.15) is 5.82 Å². The molecule has 0 bridgehead atoms. The number of hydrogen-bond donors (Lipinski definition) is 3. The van der Waals surface area contributed by atoms with Crippen molar-refractivity contribution in [1.29, 1.82) is 0 Å². The third-order valence-corrected chi connectivity index (χ3v) is 4.96. The predicted molar refractivity (Wildman–Crippen MR) is 71.0 cm³/mol. The van der Waals surface area contributed by atoms with Gasteiger partial charge in [-0.25, -0.2) is 17.5 Å².